The Labute approximate surface area is 170 Å². The zero-order chi connectivity index (χ0) is 20.2. The quantitative estimate of drug-likeness (QED) is 0.772. The summed E-state index contributed by atoms with van der Waals surface area (Å²) < 4.78 is 30.9. The lowest BCUT2D eigenvalue weighted by atomic mass is 9.99. The van der Waals surface area contributed by atoms with E-state index in [0.717, 1.165) is 25.1 Å². The summed E-state index contributed by atoms with van der Waals surface area (Å²) in [5.74, 6) is 1.11. The van der Waals surface area contributed by atoms with Gasteiger partial charge < -0.3 is 4.42 Å². The number of hydrogen-bond donors (Lipinski definition) is 0. The van der Waals surface area contributed by atoms with Crippen molar-refractivity contribution in [1.29, 1.82) is 0 Å². The van der Waals surface area contributed by atoms with Crippen molar-refractivity contribution < 1.29 is 12.8 Å². The second kappa shape index (κ2) is 6.93. The zero-order valence-corrected chi connectivity index (χ0v) is 17.2. The number of benzene rings is 1. The first-order chi connectivity index (χ1) is 13.9. The molecule has 1 aliphatic carbocycles. The number of fused-ring (bicyclic) bond motifs is 2. The molecule has 0 saturated carbocycles. The minimum atomic E-state index is -3.15. The summed E-state index contributed by atoms with van der Waals surface area (Å²) in [4.78, 5) is 15.0. The molecule has 1 saturated heterocycles. The molecule has 2 aromatic rings. The van der Waals surface area contributed by atoms with Crippen LogP contribution in [0.15, 0.2) is 51.9 Å². The van der Waals surface area contributed by atoms with Gasteiger partial charge in [-0.15, -0.1) is 0 Å². The highest BCUT2D eigenvalue weighted by Gasteiger charge is 2.40. The summed E-state index contributed by atoms with van der Waals surface area (Å²) in [6.07, 6.45) is 5.63. The minimum absolute atomic E-state index is 0.0193. The molecule has 0 spiro atoms. The molecule has 2 aliphatic heterocycles. The fourth-order valence-electron chi connectivity index (χ4n) is 4.84. The van der Waals surface area contributed by atoms with E-state index in [1.54, 1.807) is 12.3 Å². The predicted molar refractivity (Wildman–Crippen MR) is 110 cm³/mol. The van der Waals surface area contributed by atoms with Crippen molar-refractivity contribution in [3.05, 3.63) is 75.3 Å². The largest absolute Gasteiger partial charge is 0.467 e. The van der Waals surface area contributed by atoms with Crippen molar-refractivity contribution >= 4 is 15.6 Å². The zero-order valence-electron chi connectivity index (χ0n) is 16.4. The van der Waals surface area contributed by atoms with Gasteiger partial charge in [0.2, 0.25) is 10.0 Å². The summed E-state index contributed by atoms with van der Waals surface area (Å²) in [7, 11) is -3.15. The summed E-state index contributed by atoms with van der Waals surface area (Å²) in [6, 6.07) is 10.00. The predicted octanol–water partition coefficient (Wildman–Crippen LogP) is 2.45. The molecule has 0 radical (unpaired) electrons. The lowest BCUT2D eigenvalue weighted by Gasteiger charge is -2.15. The molecule has 1 fully saturated rings. The third-order valence-electron chi connectivity index (χ3n) is 6.34. The average molecular weight is 413 g/mol. The van der Waals surface area contributed by atoms with Gasteiger partial charge in [-0.25, -0.2) is 12.7 Å². The van der Waals surface area contributed by atoms with E-state index in [4.69, 9.17) is 4.42 Å². The molecule has 3 heterocycles. The molecular formula is C22H24N2O4S. The Hall–Kier alpha value is -2.22. The summed E-state index contributed by atoms with van der Waals surface area (Å²) in [5, 5.41) is 0. The fourth-order valence-corrected chi connectivity index (χ4v) is 5.75. The van der Waals surface area contributed by atoms with E-state index in [2.05, 4.69) is 35.2 Å². The van der Waals surface area contributed by atoms with Crippen molar-refractivity contribution in [2.24, 2.45) is 11.8 Å². The molecule has 2 unspecified atom stereocenters. The molecule has 3 aliphatic rings. The summed E-state index contributed by atoms with van der Waals surface area (Å²) in [6.45, 7) is 3.38. The van der Waals surface area contributed by atoms with E-state index in [9.17, 15) is 13.2 Å². The Bertz CT molecular complexity index is 1130. The molecule has 1 aromatic carbocycles. The highest BCUT2D eigenvalue weighted by molar-refractivity contribution is 7.88. The van der Waals surface area contributed by atoms with E-state index in [0.29, 0.717) is 31.0 Å². The van der Waals surface area contributed by atoms with Gasteiger partial charge in [-0.2, -0.15) is 0 Å². The Morgan fingerprint density at radius 3 is 2.48 bits per heavy atom. The fraction of sp³-hybridized carbons (Fsp3) is 0.409. The number of rotatable bonds is 4. The number of allylic oxidation sites excluding steroid dienone is 1. The van der Waals surface area contributed by atoms with Crippen LogP contribution in [0.1, 0.15) is 28.9 Å². The molecule has 0 bridgehead atoms. The molecule has 5 rings (SSSR count). The molecule has 2 atom stereocenters. The van der Waals surface area contributed by atoms with Crippen molar-refractivity contribution in [3.63, 3.8) is 0 Å². The van der Waals surface area contributed by atoms with Gasteiger partial charge in [0.05, 0.1) is 18.4 Å². The first-order valence-electron chi connectivity index (χ1n) is 9.94. The highest BCUT2D eigenvalue weighted by atomic mass is 32.2. The molecule has 6 nitrogen and oxygen atoms in total. The van der Waals surface area contributed by atoms with Crippen LogP contribution in [0.2, 0.25) is 0 Å². The smallest absolute Gasteiger partial charge is 0.211 e. The third-order valence-corrected chi connectivity index (χ3v) is 7.58. The maximum Gasteiger partial charge on any atom is 0.211 e. The summed E-state index contributed by atoms with van der Waals surface area (Å²) >= 11 is 0. The molecule has 0 amide bonds. The van der Waals surface area contributed by atoms with Crippen LogP contribution in [0.25, 0.3) is 5.57 Å². The van der Waals surface area contributed by atoms with Gasteiger partial charge in [-0.3, -0.25) is 9.69 Å². The van der Waals surface area contributed by atoms with Crippen molar-refractivity contribution in [1.82, 2.24) is 9.21 Å². The Morgan fingerprint density at radius 1 is 1.14 bits per heavy atom. The van der Waals surface area contributed by atoms with E-state index in [1.807, 2.05) is 0 Å². The van der Waals surface area contributed by atoms with Crippen LogP contribution in [0.3, 0.4) is 0 Å². The van der Waals surface area contributed by atoms with Gasteiger partial charge >= 0.3 is 0 Å². The van der Waals surface area contributed by atoms with Crippen LogP contribution in [0, 0.1) is 11.8 Å². The molecule has 152 valence electrons. The van der Waals surface area contributed by atoms with Gasteiger partial charge in [-0.1, -0.05) is 30.3 Å². The molecular weight excluding hydrogens is 388 g/mol. The lowest BCUT2D eigenvalue weighted by Crippen LogP contribution is -2.28. The van der Waals surface area contributed by atoms with Crippen LogP contribution in [0.4, 0.5) is 0 Å². The monoisotopic (exact) mass is 412 g/mol. The Balaban J connectivity index is 1.29. The molecule has 0 N–H and O–H groups in total. The number of sulfonamides is 1. The van der Waals surface area contributed by atoms with Crippen LogP contribution in [-0.2, 0) is 29.7 Å². The number of hydrogen-bond acceptors (Lipinski definition) is 5. The second-order valence-electron chi connectivity index (χ2n) is 8.44. The van der Waals surface area contributed by atoms with Crippen molar-refractivity contribution in [2.75, 3.05) is 19.3 Å². The highest BCUT2D eigenvalue weighted by Crippen LogP contribution is 2.41. The molecule has 29 heavy (non-hydrogen) atoms. The first-order valence-corrected chi connectivity index (χ1v) is 11.8. The molecule has 1 aromatic heterocycles. The molecule has 7 heteroatoms. The standard InChI is InChI=1S/C22H24N2O4S/c1-29(26,27)24-11-18-6-17(7-19(18)12-24)21-14-28-20(8-22(21)25)13-23-9-15-4-2-3-5-16(15)10-23/h2-6,8,14,18-19H,7,9-13H2,1H3. The third kappa shape index (κ3) is 3.58. The SMILES string of the molecule is CS(=O)(=O)N1CC2C=C(c3coc(CN4Cc5ccccc5C4)cc3=O)CC2C1. The van der Waals surface area contributed by atoms with Gasteiger partial charge in [0.1, 0.15) is 12.0 Å². The van der Waals surface area contributed by atoms with E-state index in [1.165, 1.54) is 21.7 Å². The summed E-state index contributed by atoms with van der Waals surface area (Å²) in [5.41, 5.74) is 4.24. The van der Waals surface area contributed by atoms with Crippen molar-refractivity contribution in [3.8, 4) is 0 Å². The minimum Gasteiger partial charge on any atom is -0.467 e. The van der Waals surface area contributed by atoms with Crippen molar-refractivity contribution in [2.45, 2.75) is 26.1 Å². The first kappa shape index (κ1) is 18.8. The Morgan fingerprint density at radius 2 is 1.86 bits per heavy atom. The Kier molecular flexibility index (Phi) is 4.49. The maximum atomic E-state index is 12.7. The van der Waals surface area contributed by atoms with Crippen LogP contribution < -0.4 is 5.43 Å². The van der Waals surface area contributed by atoms with Gasteiger partial charge in [-0.05, 0) is 35.0 Å². The van der Waals surface area contributed by atoms with Crippen LogP contribution >= 0.6 is 0 Å². The normalized spacial score (nSPS) is 24.5. The van der Waals surface area contributed by atoms with E-state index < -0.39 is 10.0 Å². The maximum absolute atomic E-state index is 12.7. The van der Waals surface area contributed by atoms with Gasteiger partial charge in [0.25, 0.3) is 0 Å². The van der Waals surface area contributed by atoms with Gasteiger partial charge in [0.15, 0.2) is 5.43 Å². The van der Waals surface area contributed by atoms with Crippen LogP contribution in [-0.4, -0.2) is 37.0 Å². The number of nitrogens with zero attached hydrogens (tertiary/aromatic N) is 2. The average Bonchev–Trinajstić information content (AvgIpc) is 3.33. The topological polar surface area (TPSA) is 70.8 Å². The van der Waals surface area contributed by atoms with E-state index >= 15 is 0 Å². The lowest BCUT2D eigenvalue weighted by molar-refractivity contribution is 0.248. The second-order valence-corrected chi connectivity index (χ2v) is 10.4. The van der Waals surface area contributed by atoms with Gasteiger partial charge in [0, 0.05) is 32.2 Å². The van der Waals surface area contributed by atoms with E-state index in [-0.39, 0.29) is 17.3 Å². The van der Waals surface area contributed by atoms with Crippen LogP contribution in [0.5, 0.6) is 0 Å².